The van der Waals surface area contributed by atoms with Gasteiger partial charge in [0.2, 0.25) is 0 Å². The van der Waals surface area contributed by atoms with Gasteiger partial charge >= 0.3 is 5.97 Å². The van der Waals surface area contributed by atoms with Crippen molar-refractivity contribution in [3.05, 3.63) is 66.1 Å². The van der Waals surface area contributed by atoms with Crippen LogP contribution < -0.4 is 0 Å². The van der Waals surface area contributed by atoms with Gasteiger partial charge in [0.15, 0.2) is 0 Å². The molecule has 0 spiro atoms. The quantitative estimate of drug-likeness (QED) is 0.762. The molecule has 1 aromatic carbocycles. The highest BCUT2D eigenvalue weighted by Gasteiger charge is 2.21. The SMILES string of the molecule is O=C(O)C[C@H](c1cccnc1)c1c[nH]c2ccccc12. The fourth-order valence-electron chi connectivity index (χ4n) is 2.55. The Morgan fingerprint density at radius 2 is 2.10 bits per heavy atom. The number of fused-ring (bicyclic) bond motifs is 1. The van der Waals surface area contributed by atoms with E-state index in [0.717, 1.165) is 22.0 Å². The molecule has 0 radical (unpaired) electrons. The van der Waals surface area contributed by atoms with E-state index in [0.29, 0.717) is 0 Å². The molecule has 2 N–H and O–H groups in total. The van der Waals surface area contributed by atoms with Crippen LogP contribution in [0.2, 0.25) is 0 Å². The molecular weight excluding hydrogens is 252 g/mol. The number of carboxylic acid groups (broad SMARTS) is 1. The van der Waals surface area contributed by atoms with E-state index in [-0.39, 0.29) is 12.3 Å². The van der Waals surface area contributed by atoms with E-state index in [9.17, 15) is 9.90 Å². The molecule has 0 unspecified atom stereocenters. The zero-order valence-corrected chi connectivity index (χ0v) is 10.8. The number of aliphatic carboxylic acids is 1. The van der Waals surface area contributed by atoms with Gasteiger partial charge in [-0.25, -0.2) is 0 Å². The van der Waals surface area contributed by atoms with E-state index < -0.39 is 5.97 Å². The molecule has 20 heavy (non-hydrogen) atoms. The summed E-state index contributed by atoms with van der Waals surface area (Å²) in [6, 6.07) is 11.7. The monoisotopic (exact) mass is 266 g/mol. The molecule has 3 aromatic rings. The predicted molar refractivity (Wildman–Crippen MR) is 76.6 cm³/mol. The maximum absolute atomic E-state index is 11.2. The van der Waals surface area contributed by atoms with Gasteiger partial charge in [-0.15, -0.1) is 0 Å². The maximum Gasteiger partial charge on any atom is 0.304 e. The topological polar surface area (TPSA) is 66.0 Å². The lowest BCUT2D eigenvalue weighted by molar-refractivity contribution is -0.137. The molecule has 2 aromatic heterocycles. The summed E-state index contributed by atoms with van der Waals surface area (Å²) >= 11 is 0. The Morgan fingerprint density at radius 1 is 1.25 bits per heavy atom. The summed E-state index contributed by atoms with van der Waals surface area (Å²) in [5, 5.41) is 10.2. The Hall–Kier alpha value is -2.62. The highest BCUT2D eigenvalue weighted by Crippen LogP contribution is 2.32. The minimum Gasteiger partial charge on any atom is -0.481 e. The van der Waals surface area contributed by atoms with E-state index in [1.54, 1.807) is 12.4 Å². The summed E-state index contributed by atoms with van der Waals surface area (Å²) in [6.07, 6.45) is 5.37. The first-order valence-corrected chi connectivity index (χ1v) is 6.43. The fourth-order valence-corrected chi connectivity index (χ4v) is 2.55. The van der Waals surface area contributed by atoms with Gasteiger partial charge in [-0.05, 0) is 23.3 Å². The number of nitrogens with one attached hydrogen (secondary N) is 1. The predicted octanol–water partition coefficient (Wildman–Crippen LogP) is 3.17. The lowest BCUT2D eigenvalue weighted by atomic mass is 9.89. The first-order chi connectivity index (χ1) is 9.75. The molecule has 0 aliphatic rings. The number of hydrogen-bond donors (Lipinski definition) is 2. The molecule has 1 atom stereocenters. The summed E-state index contributed by atoms with van der Waals surface area (Å²) in [5.74, 6) is -1.01. The Labute approximate surface area is 116 Å². The minimum atomic E-state index is -0.816. The summed E-state index contributed by atoms with van der Waals surface area (Å²) in [4.78, 5) is 18.5. The molecule has 4 heteroatoms. The van der Waals surface area contributed by atoms with Crippen LogP contribution in [0, 0.1) is 0 Å². The molecular formula is C16H14N2O2. The van der Waals surface area contributed by atoms with E-state index in [4.69, 9.17) is 0 Å². The molecule has 2 heterocycles. The Kier molecular flexibility index (Phi) is 3.21. The number of carbonyl (C=O) groups is 1. The van der Waals surface area contributed by atoms with E-state index in [1.807, 2.05) is 42.6 Å². The third kappa shape index (κ3) is 2.28. The van der Waals surface area contributed by atoms with Crippen LogP contribution in [0.4, 0.5) is 0 Å². The first-order valence-electron chi connectivity index (χ1n) is 6.43. The zero-order chi connectivity index (χ0) is 13.9. The average molecular weight is 266 g/mol. The number of rotatable bonds is 4. The van der Waals surface area contributed by atoms with Gasteiger partial charge in [0, 0.05) is 35.4 Å². The van der Waals surface area contributed by atoms with Crippen molar-refractivity contribution in [3.8, 4) is 0 Å². The van der Waals surface area contributed by atoms with Crippen LogP contribution in [0.3, 0.4) is 0 Å². The second-order valence-corrected chi connectivity index (χ2v) is 4.73. The van der Waals surface area contributed by atoms with Crippen molar-refractivity contribution in [1.29, 1.82) is 0 Å². The summed E-state index contributed by atoms with van der Waals surface area (Å²) in [6.45, 7) is 0. The van der Waals surface area contributed by atoms with Crippen molar-refractivity contribution in [3.63, 3.8) is 0 Å². The highest BCUT2D eigenvalue weighted by atomic mass is 16.4. The number of hydrogen-bond acceptors (Lipinski definition) is 2. The van der Waals surface area contributed by atoms with Gasteiger partial charge in [-0.1, -0.05) is 24.3 Å². The number of H-pyrrole nitrogens is 1. The van der Waals surface area contributed by atoms with Crippen LogP contribution in [0.25, 0.3) is 10.9 Å². The molecule has 0 amide bonds. The molecule has 0 aliphatic heterocycles. The van der Waals surface area contributed by atoms with Crippen molar-refractivity contribution < 1.29 is 9.90 Å². The van der Waals surface area contributed by atoms with Crippen LogP contribution in [0.5, 0.6) is 0 Å². The van der Waals surface area contributed by atoms with Gasteiger partial charge < -0.3 is 10.1 Å². The van der Waals surface area contributed by atoms with Crippen molar-refractivity contribution in [2.24, 2.45) is 0 Å². The number of pyridine rings is 1. The first kappa shape index (κ1) is 12.4. The molecule has 100 valence electrons. The Bertz CT molecular complexity index is 734. The molecule has 3 rings (SSSR count). The van der Waals surface area contributed by atoms with Crippen LogP contribution in [0.15, 0.2) is 55.0 Å². The van der Waals surface area contributed by atoms with Gasteiger partial charge in [0.05, 0.1) is 6.42 Å². The molecule has 0 fully saturated rings. The molecule has 4 nitrogen and oxygen atoms in total. The van der Waals surface area contributed by atoms with Crippen LogP contribution >= 0.6 is 0 Å². The van der Waals surface area contributed by atoms with Crippen LogP contribution in [-0.2, 0) is 4.79 Å². The number of aromatic nitrogens is 2. The van der Waals surface area contributed by atoms with Crippen molar-refractivity contribution in [1.82, 2.24) is 9.97 Å². The van der Waals surface area contributed by atoms with Crippen molar-refractivity contribution >= 4 is 16.9 Å². The Morgan fingerprint density at radius 3 is 2.85 bits per heavy atom. The molecule has 0 saturated carbocycles. The number of para-hydroxylation sites is 1. The number of nitrogens with zero attached hydrogens (tertiary/aromatic N) is 1. The van der Waals surface area contributed by atoms with Crippen molar-refractivity contribution in [2.75, 3.05) is 0 Å². The summed E-state index contributed by atoms with van der Waals surface area (Å²) < 4.78 is 0. The number of aromatic amines is 1. The molecule has 0 saturated heterocycles. The largest absolute Gasteiger partial charge is 0.481 e. The van der Waals surface area contributed by atoms with Crippen LogP contribution in [0.1, 0.15) is 23.5 Å². The average Bonchev–Trinajstić information content (AvgIpc) is 2.89. The standard InChI is InChI=1S/C16H14N2O2/c19-16(20)8-13(11-4-3-7-17-9-11)14-10-18-15-6-2-1-5-12(14)15/h1-7,9-10,13,18H,8H2,(H,19,20)/t13-/m1/s1. The summed E-state index contributed by atoms with van der Waals surface area (Å²) in [7, 11) is 0. The number of benzene rings is 1. The molecule has 0 bridgehead atoms. The smallest absolute Gasteiger partial charge is 0.304 e. The van der Waals surface area contributed by atoms with Gasteiger partial charge in [-0.3, -0.25) is 9.78 Å². The van der Waals surface area contributed by atoms with Crippen LogP contribution in [-0.4, -0.2) is 21.0 Å². The van der Waals surface area contributed by atoms with E-state index >= 15 is 0 Å². The van der Waals surface area contributed by atoms with E-state index in [1.165, 1.54) is 0 Å². The lowest BCUT2D eigenvalue weighted by Crippen LogP contribution is -2.07. The van der Waals surface area contributed by atoms with Crippen molar-refractivity contribution in [2.45, 2.75) is 12.3 Å². The zero-order valence-electron chi connectivity index (χ0n) is 10.8. The second kappa shape index (κ2) is 5.17. The fraction of sp³-hybridized carbons (Fsp3) is 0.125. The highest BCUT2D eigenvalue weighted by molar-refractivity contribution is 5.85. The number of carboxylic acids is 1. The summed E-state index contributed by atoms with van der Waals surface area (Å²) in [5.41, 5.74) is 2.93. The third-order valence-corrected chi connectivity index (χ3v) is 3.46. The third-order valence-electron chi connectivity index (χ3n) is 3.46. The van der Waals surface area contributed by atoms with Gasteiger partial charge in [0.25, 0.3) is 0 Å². The minimum absolute atomic E-state index is 0.0491. The van der Waals surface area contributed by atoms with Gasteiger partial charge in [-0.2, -0.15) is 0 Å². The normalized spacial score (nSPS) is 12.4. The molecule has 0 aliphatic carbocycles. The maximum atomic E-state index is 11.2. The second-order valence-electron chi connectivity index (χ2n) is 4.73. The van der Waals surface area contributed by atoms with Gasteiger partial charge in [0.1, 0.15) is 0 Å². The van der Waals surface area contributed by atoms with E-state index in [2.05, 4.69) is 9.97 Å². The lowest BCUT2D eigenvalue weighted by Gasteiger charge is -2.14. The Balaban J connectivity index is 2.12.